The molecule has 0 bridgehead atoms. The largest absolute Gasteiger partial charge is 0.506 e. The number of rotatable bonds is 3. The molecule has 3 N–H and O–H groups in total. The Morgan fingerprint density at radius 2 is 2.20 bits per heavy atom. The van der Waals surface area contributed by atoms with Gasteiger partial charge in [-0.1, -0.05) is 12.1 Å². The van der Waals surface area contributed by atoms with Crippen LogP contribution >= 0.6 is 0 Å². The van der Waals surface area contributed by atoms with Gasteiger partial charge in [0, 0.05) is 6.42 Å². The summed E-state index contributed by atoms with van der Waals surface area (Å²) in [4.78, 5) is 11.5. The van der Waals surface area contributed by atoms with Crippen LogP contribution in [0.4, 0.5) is 5.69 Å². The van der Waals surface area contributed by atoms with Gasteiger partial charge in [0.05, 0.1) is 5.69 Å². The monoisotopic (exact) mass is 206 g/mol. The van der Waals surface area contributed by atoms with Crippen LogP contribution in [-0.4, -0.2) is 24.1 Å². The zero-order chi connectivity index (χ0) is 10.7. The number of phenolic OH excluding ortho intramolecular Hbond substituents is 1. The summed E-state index contributed by atoms with van der Waals surface area (Å²) in [6.07, 6.45) is 0.515. The number of phenols is 1. The first-order valence-electron chi connectivity index (χ1n) is 5.04. The topological polar surface area (TPSA) is 61.4 Å². The Labute approximate surface area is 88.3 Å². The normalized spacial score (nSPS) is 15.7. The number of aromatic hydroxyl groups is 1. The Morgan fingerprint density at radius 1 is 1.47 bits per heavy atom. The van der Waals surface area contributed by atoms with Crippen molar-refractivity contribution in [2.45, 2.75) is 6.42 Å². The van der Waals surface area contributed by atoms with E-state index in [1.165, 1.54) is 0 Å². The van der Waals surface area contributed by atoms with Gasteiger partial charge in [-0.3, -0.25) is 4.79 Å². The third-order valence-corrected chi connectivity index (χ3v) is 2.52. The fraction of sp³-hybridized carbons (Fsp3) is 0.364. The molecule has 1 aromatic rings. The van der Waals surface area contributed by atoms with Crippen molar-refractivity contribution in [2.75, 3.05) is 18.4 Å². The molecule has 0 radical (unpaired) electrons. The summed E-state index contributed by atoms with van der Waals surface area (Å²) in [5, 5.41) is 15.2. The van der Waals surface area contributed by atoms with E-state index < -0.39 is 0 Å². The number of benzene rings is 1. The highest BCUT2D eigenvalue weighted by Crippen LogP contribution is 2.22. The number of anilines is 1. The highest BCUT2D eigenvalue weighted by molar-refractivity contribution is 5.92. The third-order valence-electron chi connectivity index (χ3n) is 2.52. The SMILES string of the molecule is O=C(CC1CNC1)Nc1ccccc1O. The van der Waals surface area contributed by atoms with E-state index in [9.17, 15) is 9.90 Å². The molecule has 1 aliphatic heterocycles. The van der Waals surface area contributed by atoms with Crippen molar-refractivity contribution in [3.63, 3.8) is 0 Å². The number of amides is 1. The molecule has 0 atom stereocenters. The molecule has 1 aromatic carbocycles. The van der Waals surface area contributed by atoms with Gasteiger partial charge >= 0.3 is 0 Å². The maximum Gasteiger partial charge on any atom is 0.224 e. The third kappa shape index (κ3) is 2.47. The fourth-order valence-corrected chi connectivity index (χ4v) is 1.54. The predicted octanol–water partition coefficient (Wildman–Crippen LogP) is 0.940. The number of hydrogen-bond acceptors (Lipinski definition) is 3. The highest BCUT2D eigenvalue weighted by Gasteiger charge is 2.20. The first-order chi connectivity index (χ1) is 7.25. The lowest BCUT2D eigenvalue weighted by Crippen LogP contribution is -2.43. The van der Waals surface area contributed by atoms with Crippen LogP contribution in [0.2, 0.25) is 0 Å². The van der Waals surface area contributed by atoms with Crippen molar-refractivity contribution in [2.24, 2.45) is 5.92 Å². The second-order valence-corrected chi connectivity index (χ2v) is 3.79. The van der Waals surface area contributed by atoms with E-state index in [1.807, 2.05) is 0 Å². The molecule has 4 heteroatoms. The summed E-state index contributed by atoms with van der Waals surface area (Å²) >= 11 is 0. The number of nitrogens with one attached hydrogen (secondary N) is 2. The average molecular weight is 206 g/mol. The molecule has 0 aliphatic carbocycles. The Morgan fingerprint density at radius 3 is 2.80 bits per heavy atom. The Bertz CT molecular complexity index is 361. The van der Waals surface area contributed by atoms with Gasteiger partial charge in [0.15, 0.2) is 0 Å². The summed E-state index contributed by atoms with van der Waals surface area (Å²) in [6, 6.07) is 6.74. The first-order valence-corrected chi connectivity index (χ1v) is 5.04. The highest BCUT2D eigenvalue weighted by atomic mass is 16.3. The maximum absolute atomic E-state index is 11.5. The summed E-state index contributed by atoms with van der Waals surface area (Å²) in [5.74, 6) is 0.511. The molecule has 4 nitrogen and oxygen atoms in total. The predicted molar refractivity (Wildman–Crippen MR) is 57.7 cm³/mol. The average Bonchev–Trinajstić information content (AvgIpc) is 2.16. The second kappa shape index (κ2) is 4.31. The van der Waals surface area contributed by atoms with Crippen molar-refractivity contribution in [3.8, 4) is 5.75 Å². The molecule has 0 spiro atoms. The molecule has 1 saturated heterocycles. The maximum atomic E-state index is 11.5. The lowest BCUT2D eigenvalue weighted by Gasteiger charge is -2.26. The number of carbonyl (C=O) groups excluding carboxylic acids is 1. The van der Waals surface area contributed by atoms with Crippen LogP contribution < -0.4 is 10.6 Å². The molecular weight excluding hydrogens is 192 g/mol. The molecule has 15 heavy (non-hydrogen) atoms. The van der Waals surface area contributed by atoms with Crippen molar-refractivity contribution in [3.05, 3.63) is 24.3 Å². The number of para-hydroxylation sites is 2. The van der Waals surface area contributed by atoms with Crippen LogP contribution in [-0.2, 0) is 4.79 Å². The zero-order valence-electron chi connectivity index (χ0n) is 8.36. The summed E-state index contributed by atoms with van der Waals surface area (Å²) in [6.45, 7) is 1.82. The summed E-state index contributed by atoms with van der Waals surface area (Å²) < 4.78 is 0. The Balaban J connectivity index is 1.90. The zero-order valence-corrected chi connectivity index (χ0v) is 8.36. The molecule has 0 saturated carbocycles. The van der Waals surface area contributed by atoms with Crippen molar-refractivity contribution < 1.29 is 9.90 Å². The summed E-state index contributed by atoms with van der Waals surface area (Å²) in [5.41, 5.74) is 0.481. The van der Waals surface area contributed by atoms with Gasteiger partial charge in [-0.25, -0.2) is 0 Å². The lowest BCUT2D eigenvalue weighted by molar-refractivity contribution is -0.117. The van der Waals surface area contributed by atoms with Gasteiger partial charge in [0.2, 0.25) is 5.91 Å². The van der Waals surface area contributed by atoms with Crippen LogP contribution in [0, 0.1) is 5.92 Å². The van der Waals surface area contributed by atoms with E-state index in [0.29, 0.717) is 18.0 Å². The van der Waals surface area contributed by atoms with Crippen LogP contribution in [0.3, 0.4) is 0 Å². The van der Waals surface area contributed by atoms with Crippen LogP contribution in [0.15, 0.2) is 24.3 Å². The van der Waals surface area contributed by atoms with Gasteiger partial charge in [-0.2, -0.15) is 0 Å². The van der Waals surface area contributed by atoms with E-state index >= 15 is 0 Å². The van der Waals surface area contributed by atoms with Gasteiger partial charge in [-0.05, 0) is 31.1 Å². The minimum atomic E-state index is -0.0389. The number of carbonyl (C=O) groups is 1. The standard InChI is InChI=1S/C11H14N2O2/c14-10-4-2-1-3-9(10)13-11(15)5-8-6-12-7-8/h1-4,8,12,14H,5-7H2,(H,13,15). The Hall–Kier alpha value is -1.55. The van der Waals surface area contributed by atoms with Gasteiger partial charge in [0.1, 0.15) is 5.75 Å². The van der Waals surface area contributed by atoms with Crippen molar-refractivity contribution in [1.29, 1.82) is 0 Å². The number of hydrogen-bond donors (Lipinski definition) is 3. The molecule has 1 fully saturated rings. The van der Waals surface area contributed by atoms with E-state index in [4.69, 9.17) is 0 Å². The lowest BCUT2D eigenvalue weighted by atomic mass is 9.99. The van der Waals surface area contributed by atoms with Crippen LogP contribution in [0.5, 0.6) is 5.75 Å². The molecule has 0 aromatic heterocycles. The smallest absolute Gasteiger partial charge is 0.224 e. The van der Waals surface area contributed by atoms with E-state index in [2.05, 4.69) is 10.6 Å². The van der Waals surface area contributed by atoms with E-state index in [1.54, 1.807) is 24.3 Å². The van der Waals surface area contributed by atoms with Crippen molar-refractivity contribution in [1.82, 2.24) is 5.32 Å². The molecule has 1 aliphatic rings. The quantitative estimate of drug-likeness (QED) is 0.645. The van der Waals surface area contributed by atoms with Gasteiger partial charge < -0.3 is 15.7 Å². The summed E-state index contributed by atoms with van der Waals surface area (Å²) in [7, 11) is 0. The molecule has 80 valence electrons. The minimum Gasteiger partial charge on any atom is -0.506 e. The van der Waals surface area contributed by atoms with E-state index in [0.717, 1.165) is 13.1 Å². The van der Waals surface area contributed by atoms with Crippen molar-refractivity contribution >= 4 is 11.6 Å². The fourth-order valence-electron chi connectivity index (χ4n) is 1.54. The van der Waals surface area contributed by atoms with Crippen LogP contribution in [0.1, 0.15) is 6.42 Å². The van der Waals surface area contributed by atoms with Gasteiger partial charge in [-0.15, -0.1) is 0 Å². The molecule has 2 rings (SSSR count). The molecule has 1 amide bonds. The molecular formula is C11H14N2O2. The molecule has 0 unspecified atom stereocenters. The van der Waals surface area contributed by atoms with E-state index in [-0.39, 0.29) is 11.7 Å². The second-order valence-electron chi connectivity index (χ2n) is 3.79. The van der Waals surface area contributed by atoms with Gasteiger partial charge in [0.25, 0.3) is 0 Å². The molecule has 1 heterocycles. The first kappa shape index (κ1) is 9.98. The minimum absolute atomic E-state index is 0.0389. The van der Waals surface area contributed by atoms with Crippen LogP contribution in [0.25, 0.3) is 0 Å². The Kier molecular flexibility index (Phi) is 2.87.